The van der Waals surface area contributed by atoms with E-state index in [1.54, 1.807) is 0 Å². The van der Waals surface area contributed by atoms with Crippen LogP contribution in [0.4, 0.5) is 0 Å². The van der Waals surface area contributed by atoms with Gasteiger partial charge in [-0.25, -0.2) is 9.97 Å². The number of halogens is 1. The van der Waals surface area contributed by atoms with E-state index >= 15 is 0 Å². The molecule has 2 nitrogen and oxygen atoms in total. The monoisotopic (exact) mass is 177 g/mol. The highest BCUT2D eigenvalue weighted by molar-refractivity contribution is 6.29. The van der Waals surface area contributed by atoms with E-state index in [9.17, 15) is 0 Å². The Balaban J connectivity index is 3.37. The van der Waals surface area contributed by atoms with E-state index in [1.165, 1.54) is 13.0 Å². The van der Waals surface area contributed by atoms with Crippen LogP contribution in [0.15, 0.2) is 6.07 Å². The normalized spacial score (nSPS) is 23.3. The molecule has 0 spiro atoms. The zero-order valence-corrected chi connectivity index (χ0v) is 6.61. The third kappa shape index (κ3) is 2.46. The molecule has 1 rings (SSSR count). The van der Waals surface area contributed by atoms with Crippen LogP contribution < -0.4 is 0 Å². The number of rotatable bonds is 2. The van der Waals surface area contributed by atoms with Crippen LogP contribution in [0.25, 0.3) is 0 Å². The molecule has 0 saturated carbocycles. The summed E-state index contributed by atoms with van der Waals surface area (Å²) in [4.78, 5) is 7.30. The quantitative estimate of drug-likeness (QED) is 0.649. The predicted octanol–water partition coefficient (Wildman–Crippen LogP) is 2.39. The minimum Gasteiger partial charge on any atom is -0.238 e. The lowest BCUT2D eigenvalue weighted by atomic mass is 10.3. The van der Waals surface area contributed by atoms with Crippen molar-refractivity contribution in [3.05, 3.63) is 22.7 Å². The number of hydrogen-bond acceptors (Lipinski definition) is 2. The second-order valence-corrected chi connectivity index (χ2v) is 2.29. The van der Waals surface area contributed by atoms with Crippen LogP contribution in [0.2, 0.25) is 5.15 Å². The number of nitrogens with zero attached hydrogens (tertiary/aromatic N) is 2. The van der Waals surface area contributed by atoms with Crippen molar-refractivity contribution in [2.24, 2.45) is 0 Å². The molecule has 1 aromatic rings. The maximum atomic E-state index is 7.67. The number of hydrogen-bond donors (Lipinski definition) is 0. The van der Waals surface area contributed by atoms with Crippen LogP contribution >= 0.6 is 11.6 Å². The lowest BCUT2D eigenvalue weighted by Gasteiger charge is -1.98. The summed E-state index contributed by atoms with van der Waals surface area (Å²) >= 11 is 5.64. The fraction of sp³-hybridized carbons (Fsp3) is 0.500. The highest BCUT2D eigenvalue weighted by Gasteiger charge is 1.97. The Morgan fingerprint density at radius 3 is 3.18 bits per heavy atom. The van der Waals surface area contributed by atoms with E-state index in [0.717, 1.165) is 0 Å². The Morgan fingerprint density at radius 1 is 1.73 bits per heavy atom. The van der Waals surface area contributed by atoms with Gasteiger partial charge in [0.1, 0.15) is 11.0 Å². The van der Waals surface area contributed by atoms with Crippen molar-refractivity contribution in [1.82, 2.24) is 9.97 Å². The zero-order chi connectivity index (χ0) is 14.4. The highest BCUT2D eigenvalue weighted by atomic mass is 35.5. The second kappa shape index (κ2) is 3.67. The van der Waals surface area contributed by atoms with E-state index in [1.807, 2.05) is 0 Å². The summed E-state index contributed by atoms with van der Waals surface area (Å²) in [6.07, 6.45) is -6.01. The van der Waals surface area contributed by atoms with Crippen molar-refractivity contribution in [3.63, 3.8) is 0 Å². The molecule has 1 heterocycles. The van der Waals surface area contributed by atoms with Crippen molar-refractivity contribution >= 4 is 11.6 Å². The average molecular weight is 178 g/mol. The Labute approximate surface area is 81.5 Å². The Hall–Kier alpha value is -0.630. The van der Waals surface area contributed by atoms with E-state index < -0.39 is 25.4 Å². The van der Waals surface area contributed by atoms with Gasteiger partial charge in [0.15, 0.2) is 0 Å². The smallest absolute Gasteiger partial charge is 0.133 e. The topological polar surface area (TPSA) is 25.8 Å². The number of aryl methyl sites for hydroxylation is 2. The third-order valence-electron chi connectivity index (χ3n) is 0.997. The zero-order valence-electron chi connectivity index (χ0n) is 12.8. The molecule has 0 radical (unpaired) electrons. The van der Waals surface area contributed by atoms with Crippen molar-refractivity contribution in [2.45, 2.75) is 26.5 Å². The molecule has 0 N–H and O–H groups in total. The first-order chi connectivity index (χ1) is 7.89. The van der Waals surface area contributed by atoms with Gasteiger partial charge in [0.05, 0.1) is 0 Å². The van der Waals surface area contributed by atoms with Gasteiger partial charge in [-0.2, -0.15) is 0 Å². The summed E-state index contributed by atoms with van der Waals surface area (Å²) in [6.45, 7) is -1.62. The molecular formula is C8H11ClN2. The van der Waals surface area contributed by atoms with Gasteiger partial charge < -0.3 is 0 Å². The van der Waals surface area contributed by atoms with Gasteiger partial charge in [0, 0.05) is 21.7 Å². The molecule has 0 aromatic carbocycles. The first-order valence-corrected chi connectivity index (χ1v) is 3.29. The fourth-order valence-corrected chi connectivity index (χ4v) is 0.880. The van der Waals surface area contributed by atoms with Crippen molar-refractivity contribution < 1.29 is 9.60 Å². The molecule has 0 atom stereocenters. The molecule has 11 heavy (non-hydrogen) atoms. The number of aromatic nitrogens is 2. The van der Waals surface area contributed by atoms with Gasteiger partial charge in [-0.3, -0.25) is 0 Å². The minimum atomic E-state index is -3.14. The summed E-state index contributed by atoms with van der Waals surface area (Å²) in [5.74, 6) is -0.575. The molecule has 0 fully saturated rings. The molecule has 0 bridgehead atoms. The molecule has 0 aliphatic rings. The van der Waals surface area contributed by atoms with E-state index in [-0.39, 0.29) is 5.15 Å². The summed E-state index contributed by atoms with van der Waals surface area (Å²) in [5, 5.41) is -0.0669. The van der Waals surface area contributed by atoms with Gasteiger partial charge in [-0.15, -0.1) is 0 Å². The van der Waals surface area contributed by atoms with Gasteiger partial charge in [-0.1, -0.05) is 18.5 Å². The first-order valence-electron chi connectivity index (χ1n) is 6.41. The first kappa shape index (κ1) is 3.02. The van der Waals surface area contributed by atoms with Gasteiger partial charge in [0.2, 0.25) is 0 Å². The van der Waals surface area contributed by atoms with Crippen molar-refractivity contribution in [3.8, 4) is 0 Å². The lowest BCUT2D eigenvalue weighted by molar-refractivity contribution is 0.825. The summed E-state index contributed by atoms with van der Waals surface area (Å²) in [5.41, 5.74) is 0.329. The largest absolute Gasteiger partial charge is 0.238 e. The van der Waals surface area contributed by atoms with Gasteiger partial charge >= 0.3 is 0 Å². The van der Waals surface area contributed by atoms with E-state index in [4.69, 9.17) is 21.2 Å². The van der Waals surface area contributed by atoms with E-state index in [2.05, 4.69) is 9.97 Å². The maximum absolute atomic E-state index is 7.67. The van der Waals surface area contributed by atoms with Gasteiger partial charge in [-0.05, 0) is 19.4 Å². The molecule has 0 amide bonds. The fourth-order valence-electron chi connectivity index (χ4n) is 0.642. The summed E-state index contributed by atoms with van der Waals surface area (Å²) < 4.78 is 51.5. The third-order valence-corrected chi connectivity index (χ3v) is 1.19. The van der Waals surface area contributed by atoms with Crippen molar-refractivity contribution in [2.75, 3.05) is 0 Å². The molecule has 0 aliphatic heterocycles. The molecule has 0 unspecified atom stereocenters. The maximum Gasteiger partial charge on any atom is 0.133 e. The molecule has 60 valence electrons. The minimum absolute atomic E-state index is 0.0669. The molecular weight excluding hydrogens is 160 g/mol. The summed E-state index contributed by atoms with van der Waals surface area (Å²) in [6, 6.07) is 1.37. The molecule has 1 aromatic heterocycles. The van der Waals surface area contributed by atoms with Crippen molar-refractivity contribution in [1.29, 1.82) is 0 Å². The van der Waals surface area contributed by atoms with E-state index in [0.29, 0.717) is 5.69 Å². The van der Waals surface area contributed by atoms with Crippen LogP contribution in [-0.4, -0.2) is 9.97 Å². The second-order valence-electron chi connectivity index (χ2n) is 1.91. The van der Waals surface area contributed by atoms with Crippen LogP contribution in [0.5, 0.6) is 0 Å². The van der Waals surface area contributed by atoms with Crippen LogP contribution in [0.3, 0.4) is 0 Å². The van der Waals surface area contributed by atoms with Crippen LogP contribution in [0, 0.1) is 6.92 Å². The average Bonchev–Trinajstić information content (AvgIpc) is 2.13. The highest BCUT2D eigenvalue weighted by Crippen LogP contribution is 2.07. The Bertz CT molecular complexity index is 437. The Morgan fingerprint density at radius 2 is 2.55 bits per heavy atom. The van der Waals surface area contributed by atoms with Crippen LogP contribution in [-0.2, 0) is 6.37 Å². The molecule has 0 saturated heterocycles. The standard InChI is InChI=1S/C8H11ClN2/c1-3-4-8-10-6(2)5-7(9)11-8/h5H,3-4H2,1-2H3/i1D3,3D2,4D2. The predicted molar refractivity (Wildman–Crippen MR) is 45.8 cm³/mol. The Kier molecular flexibility index (Phi) is 1.01. The molecule has 3 heteroatoms. The van der Waals surface area contributed by atoms with Gasteiger partial charge in [0.25, 0.3) is 0 Å². The van der Waals surface area contributed by atoms with Crippen LogP contribution in [0.1, 0.15) is 34.3 Å². The molecule has 0 aliphatic carbocycles. The summed E-state index contributed by atoms with van der Waals surface area (Å²) in [7, 11) is 0. The SMILES string of the molecule is [2H]C([2H])([2H])C([2H])([2H])C([2H])([2H])c1nc(C)cc(Cl)n1. The lowest BCUT2D eigenvalue weighted by Crippen LogP contribution is -1.96.